The Morgan fingerprint density at radius 1 is 1.10 bits per heavy atom. The molecule has 0 saturated heterocycles. The van der Waals surface area contributed by atoms with Crippen LogP contribution >= 0.6 is 22.7 Å². The van der Waals surface area contributed by atoms with Crippen molar-refractivity contribution in [2.75, 3.05) is 0 Å². The average Bonchev–Trinajstić information content (AvgIpc) is 3.28. The third kappa shape index (κ3) is 4.92. The number of aryl methyl sites for hydroxylation is 3. The number of aromatic nitrogens is 1. The van der Waals surface area contributed by atoms with Crippen molar-refractivity contribution >= 4 is 34.5 Å². The smallest absolute Gasteiger partial charge is 0.273 e. The van der Waals surface area contributed by atoms with Crippen LogP contribution in [0.1, 0.15) is 50.6 Å². The van der Waals surface area contributed by atoms with E-state index < -0.39 is 0 Å². The number of benzene rings is 1. The van der Waals surface area contributed by atoms with Gasteiger partial charge in [-0.1, -0.05) is 30.2 Å². The Morgan fingerprint density at radius 3 is 2.83 bits per heavy atom. The molecule has 2 heterocycles. The van der Waals surface area contributed by atoms with Crippen LogP contribution in [0.15, 0.2) is 35.7 Å². The molecule has 2 N–H and O–H groups in total. The highest BCUT2D eigenvalue weighted by Gasteiger charge is 2.17. The number of nitrogens with zero attached hydrogens (tertiary/aromatic N) is 1. The Balaban J connectivity index is 1.32. The second-order valence-corrected chi connectivity index (χ2v) is 9.31. The largest absolute Gasteiger partial charge is 0.279 e. The third-order valence-electron chi connectivity index (χ3n) is 4.94. The van der Waals surface area contributed by atoms with E-state index in [0.29, 0.717) is 10.6 Å². The fourth-order valence-electron chi connectivity index (χ4n) is 3.47. The number of hydrazine groups is 1. The predicted octanol–water partition coefficient (Wildman–Crippen LogP) is 4.45. The number of thiophene rings is 1. The van der Waals surface area contributed by atoms with E-state index in [2.05, 4.69) is 21.9 Å². The lowest BCUT2D eigenvalue weighted by atomic mass is 10.1. The molecule has 0 fully saturated rings. The van der Waals surface area contributed by atoms with Crippen LogP contribution in [0.5, 0.6) is 0 Å². The van der Waals surface area contributed by atoms with Crippen LogP contribution < -0.4 is 10.9 Å². The first-order valence-electron chi connectivity index (χ1n) is 9.81. The third-order valence-corrected chi connectivity index (χ3v) is 7.12. The van der Waals surface area contributed by atoms with Crippen molar-refractivity contribution in [3.05, 3.63) is 62.3 Å². The lowest BCUT2D eigenvalue weighted by Gasteiger charge is -2.05. The van der Waals surface area contributed by atoms with Crippen LogP contribution in [0, 0.1) is 6.92 Å². The van der Waals surface area contributed by atoms with Gasteiger partial charge in [0.25, 0.3) is 5.91 Å². The Morgan fingerprint density at radius 2 is 1.97 bits per heavy atom. The molecule has 0 atom stereocenters. The van der Waals surface area contributed by atoms with Gasteiger partial charge < -0.3 is 0 Å². The molecule has 1 aliphatic carbocycles. The summed E-state index contributed by atoms with van der Waals surface area (Å²) in [6.45, 7) is 2.04. The van der Waals surface area contributed by atoms with Crippen molar-refractivity contribution in [2.45, 2.75) is 45.4 Å². The fourth-order valence-corrected chi connectivity index (χ4v) is 5.44. The van der Waals surface area contributed by atoms with Crippen molar-refractivity contribution in [3.63, 3.8) is 0 Å². The van der Waals surface area contributed by atoms with Gasteiger partial charge in [0.05, 0.1) is 17.0 Å². The van der Waals surface area contributed by atoms with E-state index in [9.17, 15) is 9.59 Å². The van der Waals surface area contributed by atoms with E-state index >= 15 is 0 Å². The molecule has 1 aromatic carbocycles. The molecule has 1 aliphatic rings. The summed E-state index contributed by atoms with van der Waals surface area (Å²) in [7, 11) is 0. The topological polar surface area (TPSA) is 71.1 Å². The van der Waals surface area contributed by atoms with Crippen molar-refractivity contribution in [1.82, 2.24) is 15.8 Å². The maximum atomic E-state index is 12.4. The number of carbonyl (C=O) groups is 2. The number of fused-ring (bicyclic) bond motifs is 1. The zero-order chi connectivity index (χ0) is 20.2. The maximum Gasteiger partial charge on any atom is 0.279 e. The minimum atomic E-state index is -0.280. The molecule has 0 aliphatic heterocycles. The molecule has 150 valence electrons. The monoisotopic (exact) mass is 425 g/mol. The Kier molecular flexibility index (Phi) is 6.06. The first-order valence-corrected chi connectivity index (χ1v) is 11.5. The number of hydrogen-bond donors (Lipinski definition) is 2. The summed E-state index contributed by atoms with van der Waals surface area (Å²) >= 11 is 3.06. The number of amides is 2. The molecule has 0 unspecified atom stereocenters. The first-order chi connectivity index (χ1) is 14.1. The highest BCUT2D eigenvalue weighted by molar-refractivity contribution is 7.14. The van der Waals surface area contributed by atoms with Crippen molar-refractivity contribution in [3.8, 4) is 10.6 Å². The van der Waals surface area contributed by atoms with Gasteiger partial charge >= 0.3 is 0 Å². The summed E-state index contributed by atoms with van der Waals surface area (Å²) in [4.78, 5) is 31.1. The lowest BCUT2D eigenvalue weighted by molar-refractivity contribution is -0.121. The second kappa shape index (κ2) is 8.88. The first kappa shape index (κ1) is 19.8. The van der Waals surface area contributed by atoms with E-state index in [1.807, 2.05) is 36.6 Å². The molecule has 0 radical (unpaired) electrons. The van der Waals surface area contributed by atoms with Crippen molar-refractivity contribution in [1.29, 1.82) is 0 Å². The second-order valence-electron chi connectivity index (χ2n) is 7.31. The molecular formula is C22H23N3O2S2. The lowest BCUT2D eigenvalue weighted by Crippen LogP contribution is -2.42. The van der Waals surface area contributed by atoms with E-state index in [4.69, 9.17) is 0 Å². The molecule has 0 spiro atoms. The summed E-state index contributed by atoms with van der Waals surface area (Å²) < 4.78 is 0. The van der Waals surface area contributed by atoms with Crippen LogP contribution in [-0.2, 0) is 24.1 Å². The molecule has 0 bridgehead atoms. The highest BCUT2D eigenvalue weighted by atomic mass is 32.1. The zero-order valence-corrected chi connectivity index (χ0v) is 17.9. The Hall–Kier alpha value is -2.51. The van der Waals surface area contributed by atoms with Gasteiger partial charge in [0.1, 0.15) is 5.01 Å². The summed E-state index contributed by atoms with van der Waals surface area (Å²) in [6, 6.07) is 10.1. The Bertz CT molecular complexity index is 1010. The molecule has 3 aromatic rings. The molecule has 4 rings (SSSR count). The van der Waals surface area contributed by atoms with Gasteiger partial charge in [-0.15, -0.1) is 22.7 Å². The SMILES string of the molecule is Cc1cccc(-c2nc(CC(=O)NNC(=O)c3cc4c(s3)CCCCC4)cs2)c1. The minimum absolute atomic E-state index is 0.129. The van der Waals surface area contributed by atoms with Crippen LogP contribution in [0.2, 0.25) is 0 Å². The zero-order valence-electron chi connectivity index (χ0n) is 16.3. The summed E-state index contributed by atoms with van der Waals surface area (Å²) in [5.74, 6) is -0.535. The highest BCUT2D eigenvalue weighted by Crippen LogP contribution is 2.29. The van der Waals surface area contributed by atoms with Gasteiger partial charge in [-0.05, 0) is 50.3 Å². The average molecular weight is 426 g/mol. The molecule has 0 saturated carbocycles. The molecule has 7 heteroatoms. The summed E-state index contributed by atoms with van der Waals surface area (Å²) in [6.07, 6.45) is 5.83. The summed E-state index contributed by atoms with van der Waals surface area (Å²) in [5, 5.41) is 2.77. The van der Waals surface area contributed by atoms with Crippen LogP contribution in [0.3, 0.4) is 0 Å². The van der Waals surface area contributed by atoms with E-state index in [1.165, 1.54) is 46.6 Å². The quantitative estimate of drug-likeness (QED) is 0.479. The van der Waals surface area contributed by atoms with Gasteiger partial charge in [0, 0.05) is 15.8 Å². The molecule has 29 heavy (non-hydrogen) atoms. The number of nitrogens with one attached hydrogen (secondary N) is 2. The van der Waals surface area contributed by atoms with Crippen molar-refractivity contribution < 1.29 is 9.59 Å². The molecule has 2 amide bonds. The molecular weight excluding hydrogens is 402 g/mol. The normalized spacial score (nSPS) is 13.4. The van der Waals surface area contributed by atoms with Gasteiger partial charge in [-0.25, -0.2) is 4.98 Å². The van der Waals surface area contributed by atoms with E-state index in [-0.39, 0.29) is 18.2 Å². The maximum absolute atomic E-state index is 12.4. The van der Waals surface area contributed by atoms with Gasteiger partial charge in [-0.3, -0.25) is 20.4 Å². The van der Waals surface area contributed by atoms with Gasteiger partial charge in [0.2, 0.25) is 5.91 Å². The Labute approximate surface area is 178 Å². The fraction of sp³-hybridized carbons (Fsp3) is 0.318. The summed E-state index contributed by atoms with van der Waals surface area (Å²) in [5.41, 5.74) is 9.25. The minimum Gasteiger partial charge on any atom is -0.273 e. The molecule has 5 nitrogen and oxygen atoms in total. The molecule has 2 aromatic heterocycles. The number of rotatable bonds is 4. The van der Waals surface area contributed by atoms with Crippen molar-refractivity contribution in [2.24, 2.45) is 0 Å². The standard InChI is InChI=1S/C22H23N3O2S2/c1-14-6-5-8-16(10-14)22-23-17(13-28-22)12-20(26)24-25-21(27)19-11-15-7-3-2-4-9-18(15)29-19/h5-6,8,10-11,13H,2-4,7,9,12H2,1H3,(H,24,26)(H,25,27). The van der Waals surface area contributed by atoms with Crippen LogP contribution in [-0.4, -0.2) is 16.8 Å². The van der Waals surface area contributed by atoms with Crippen LogP contribution in [0.4, 0.5) is 0 Å². The van der Waals surface area contributed by atoms with Gasteiger partial charge in [0.15, 0.2) is 0 Å². The van der Waals surface area contributed by atoms with E-state index in [0.717, 1.165) is 23.4 Å². The van der Waals surface area contributed by atoms with Gasteiger partial charge in [-0.2, -0.15) is 0 Å². The number of carbonyl (C=O) groups excluding carboxylic acids is 2. The van der Waals surface area contributed by atoms with E-state index in [1.54, 1.807) is 11.3 Å². The number of hydrogen-bond acceptors (Lipinski definition) is 5. The van der Waals surface area contributed by atoms with Crippen LogP contribution in [0.25, 0.3) is 10.6 Å². The number of thiazole rings is 1. The predicted molar refractivity (Wildman–Crippen MR) is 117 cm³/mol.